The highest BCUT2D eigenvalue weighted by molar-refractivity contribution is 7.90. The van der Waals surface area contributed by atoms with Crippen LogP contribution in [0, 0.1) is 11.6 Å². The second kappa shape index (κ2) is 10.7. The van der Waals surface area contributed by atoms with E-state index in [0.29, 0.717) is 24.1 Å². The van der Waals surface area contributed by atoms with Crippen molar-refractivity contribution < 1.29 is 31.5 Å². The lowest BCUT2D eigenvalue weighted by molar-refractivity contribution is -0.117. The van der Waals surface area contributed by atoms with Crippen LogP contribution in [0.3, 0.4) is 0 Å². The number of carbonyl (C=O) groups is 2. The Bertz CT molecular complexity index is 1920. The van der Waals surface area contributed by atoms with Gasteiger partial charge in [-0.3, -0.25) is 9.59 Å². The molecule has 43 heavy (non-hydrogen) atoms. The number of carbonyl (C=O) groups excluding carboxylic acids is 2. The molecule has 2 amide bonds. The van der Waals surface area contributed by atoms with E-state index in [4.69, 9.17) is 4.74 Å². The Labute approximate surface area is 245 Å². The van der Waals surface area contributed by atoms with Crippen LogP contribution in [0.15, 0.2) is 76.6 Å². The van der Waals surface area contributed by atoms with Crippen molar-refractivity contribution in [2.75, 3.05) is 11.6 Å². The Kier molecular flexibility index (Phi) is 7.04. The van der Waals surface area contributed by atoms with Gasteiger partial charge < -0.3 is 15.4 Å². The Morgan fingerprint density at radius 3 is 2.56 bits per heavy atom. The van der Waals surface area contributed by atoms with Crippen LogP contribution in [0.2, 0.25) is 0 Å². The van der Waals surface area contributed by atoms with E-state index in [1.807, 2.05) is 0 Å². The number of ether oxygens (including phenoxy) is 1. The van der Waals surface area contributed by atoms with Crippen LogP contribution in [0.4, 0.5) is 14.5 Å². The zero-order valence-corrected chi connectivity index (χ0v) is 23.8. The topological polar surface area (TPSA) is 132 Å². The minimum atomic E-state index is -3.72. The number of aryl methyl sites for hydroxylation is 1. The maximum absolute atomic E-state index is 15.2. The van der Waals surface area contributed by atoms with Crippen molar-refractivity contribution in [3.63, 3.8) is 0 Å². The minimum Gasteiger partial charge on any atom is -0.474 e. The third-order valence-corrected chi connectivity index (χ3v) is 8.26. The number of nitrogens with zero attached hydrogens (tertiary/aromatic N) is 3. The molecule has 0 bridgehead atoms. The van der Waals surface area contributed by atoms with Crippen LogP contribution in [-0.4, -0.2) is 54.2 Å². The third-order valence-electron chi connectivity index (χ3n) is 7.15. The fourth-order valence-electron chi connectivity index (χ4n) is 5.00. The summed E-state index contributed by atoms with van der Waals surface area (Å²) in [4.78, 5) is 31.7. The Morgan fingerprint density at radius 2 is 1.81 bits per heavy atom. The Balaban J connectivity index is 1.47. The average Bonchev–Trinajstić information content (AvgIpc) is 3.27. The van der Waals surface area contributed by atoms with E-state index in [-0.39, 0.29) is 45.1 Å². The van der Waals surface area contributed by atoms with Gasteiger partial charge in [0.2, 0.25) is 12.0 Å². The molecule has 2 aliphatic heterocycles. The number of amides is 2. The number of rotatable bonds is 5. The predicted octanol–water partition coefficient (Wildman–Crippen LogP) is 3.95. The van der Waals surface area contributed by atoms with Gasteiger partial charge in [-0.15, -0.1) is 0 Å². The van der Waals surface area contributed by atoms with Crippen molar-refractivity contribution in [3.8, 4) is 17.1 Å². The minimum absolute atomic E-state index is 0.0334. The van der Waals surface area contributed by atoms with E-state index in [1.165, 1.54) is 16.8 Å². The van der Waals surface area contributed by atoms with E-state index in [9.17, 15) is 22.4 Å². The van der Waals surface area contributed by atoms with E-state index in [0.717, 1.165) is 24.5 Å². The van der Waals surface area contributed by atoms with Crippen LogP contribution in [-0.2, 0) is 21.2 Å². The number of halogens is 2. The molecule has 0 aliphatic carbocycles. The quantitative estimate of drug-likeness (QED) is 0.331. The number of anilines is 1. The number of fused-ring (bicyclic) bond motifs is 2. The number of benzene rings is 3. The molecular weight excluding hydrogens is 580 g/mol. The van der Waals surface area contributed by atoms with Gasteiger partial charge in [-0.05, 0) is 31.2 Å². The second-order valence-electron chi connectivity index (χ2n) is 10.3. The second-order valence-corrected chi connectivity index (χ2v) is 12.3. The number of aromatic nitrogens is 2. The molecule has 0 spiro atoms. The lowest BCUT2D eigenvalue weighted by atomic mass is 10.0. The largest absolute Gasteiger partial charge is 0.474 e. The predicted molar refractivity (Wildman–Crippen MR) is 154 cm³/mol. The van der Waals surface area contributed by atoms with Gasteiger partial charge in [0.1, 0.15) is 22.9 Å². The molecule has 1 aromatic heterocycles. The van der Waals surface area contributed by atoms with Crippen LogP contribution in [0.5, 0.6) is 5.88 Å². The Morgan fingerprint density at radius 1 is 1.05 bits per heavy atom. The van der Waals surface area contributed by atoms with Gasteiger partial charge in [-0.2, -0.15) is 5.10 Å². The summed E-state index contributed by atoms with van der Waals surface area (Å²) in [6, 6.07) is 16.3. The molecule has 220 valence electrons. The molecule has 2 aliphatic rings. The van der Waals surface area contributed by atoms with Crippen LogP contribution < -0.4 is 15.4 Å². The molecule has 6 rings (SSSR count). The van der Waals surface area contributed by atoms with Gasteiger partial charge in [-0.1, -0.05) is 42.5 Å². The summed E-state index contributed by atoms with van der Waals surface area (Å²) in [5.74, 6) is -3.15. The number of benzodiazepines with no additional fused rings is 1. The number of sulfone groups is 1. The van der Waals surface area contributed by atoms with E-state index >= 15 is 4.39 Å². The van der Waals surface area contributed by atoms with Crippen LogP contribution in [0.25, 0.3) is 11.3 Å². The lowest BCUT2D eigenvalue weighted by Gasteiger charge is -2.22. The van der Waals surface area contributed by atoms with Gasteiger partial charge in [0.25, 0.3) is 11.8 Å². The number of hydrogen-bond donors (Lipinski definition) is 2. The monoisotopic (exact) mass is 605 g/mol. The summed E-state index contributed by atoms with van der Waals surface area (Å²) < 4.78 is 61.9. The zero-order chi connectivity index (χ0) is 30.5. The van der Waals surface area contributed by atoms with Crippen LogP contribution >= 0.6 is 0 Å². The van der Waals surface area contributed by atoms with Crippen molar-refractivity contribution in [1.82, 2.24) is 15.1 Å². The summed E-state index contributed by atoms with van der Waals surface area (Å²) in [7, 11) is -3.72. The van der Waals surface area contributed by atoms with Crippen LogP contribution in [0.1, 0.15) is 34.8 Å². The zero-order valence-electron chi connectivity index (χ0n) is 23.0. The maximum atomic E-state index is 15.2. The molecule has 0 saturated carbocycles. The van der Waals surface area contributed by atoms with Gasteiger partial charge in [0.05, 0.1) is 22.4 Å². The van der Waals surface area contributed by atoms with Crippen molar-refractivity contribution >= 4 is 33.1 Å². The molecule has 4 aromatic rings. The third kappa shape index (κ3) is 5.27. The number of para-hydroxylation sites is 1. The van der Waals surface area contributed by atoms with Crippen molar-refractivity contribution in [2.45, 2.75) is 37.1 Å². The molecule has 2 N–H and O–H groups in total. The molecule has 0 fully saturated rings. The standard InChI is InChI=1S/C30H25F2N5O5S/c1-16-13-14-37-30(42-16)23(26(36-37)20-15-18(43(2,40)41)11-12-21(20)31)28(38)35-27-29(39)34-25-19(9-6-10-22(25)32)24(33-27)17-7-4-3-5-8-17/h3-12,15-16,27H,13-14H2,1-2H3,(H,34,39)(H,35,38)/t16-,27-/m1/s1. The van der Waals surface area contributed by atoms with Gasteiger partial charge in [0.15, 0.2) is 9.84 Å². The molecule has 3 heterocycles. The fraction of sp³-hybridized carbons (Fsp3) is 0.200. The van der Waals surface area contributed by atoms with Gasteiger partial charge >= 0.3 is 0 Å². The fourth-order valence-corrected chi connectivity index (χ4v) is 5.65. The molecule has 0 saturated heterocycles. The van der Waals surface area contributed by atoms with Gasteiger partial charge in [-0.25, -0.2) is 26.9 Å². The first-order valence-corrected chi connectivity index (χ1v) is 15.2. The summed E-state index contributed by atoms with van der Waals surface area (Å²) >= 11 is 0. The average molecular weight is 606 g/mol. The molecule has 2 atom stereocenters. The maximum Gasteiger partial charge on any atom is 0.269 e. The first-order chi connectivity index (χ1) is 20.5. The first-order valence-electron chi connectivity index (χ1n) is 13.3. The normalized spacial score (nSPS) is 18.0. The summed E-state index contributed by atoms with van der Waals surface area (Å²) in [5, 5.41) is 9.50. The highest BCUT2D eigenvalue weighted by Crippen LogP contribution is 2.36. The SMILES string of the molecule is C[C@@H]1CCn2nc(-c3cc(S(C)(=O)=O)ccc3F)c(C(=O)N[C@H]3N=C(c4ccccc4)c4cccc(F)c4NC3=O)c2O1. The van der Waals surface area contributed by atoms with Crippen molar-refractivity contribution in [1.29, 1.82) is 0 Å². The number of hydrogen-bond acceptors (Lipinski definition) is 7. The summed E-state index contributed by atoms with van der Waals surface area (Å²) in [6.07, 6.45) is -0.307. The molecule has 0 unspecified atom stereocenters. The highest BCUT2D eigenvalue weighted by atomic mass is 32.2. The molecular formula is C30H25F2N5O5S. The highest BCUT2D eigenvalue weighted by Gasteiger charge is 2.35. The van der Waals surface area contributed by atoms with Crippen molar-refractivity contribution in [3.05, 3.63) is 95.1 Å². The van der Waals surface area contributed by atoms with E-state index < -0.39 is 39.5 Å². The van der Waals surface area contributed by atoms with E-state index in [1.54, 1.807) is 43.3 Å². The molecule has 3 aromatic carbocycles. The number of nitrogens with one attached hydrogen (secondary N) is 2. The molecule has 13 heteroatoms. The van der Waals surface area contributed by atoms with E-state index in [2.05, 4.69) is 20.7 Å². The smallest absolute Gasteiger partial charge is 0.269 e. The van der Waals surface area contributed by atoms with Crippen molar-refractivity contribution in [2.24, 2.45) is 4.99 Å². The molecule has 0 radical (unpaired) electrons. The Hall–Kier alpha value is -4.91. The summed E-state index contributed by atoms with van der Waals surface area (Å²) in [5.41, 5.74) is 0.454. The first kappa shape index (κ1) is 28.2. The number of aliphatic imine (C=N–C) groups is 1. The van der Waals surface area contributed by atoms with Gasteiger partial charge in [0, 0.05) is 35.9 Å². The lowest BCUT2D eigenvalue weighted by Crippen LogP contribution is -2.42. The molecule has 10 nitrogen and oxygen atoms in total. The summed E-state index contributed by atoms with van der Waals surface area (Å²) in [6.45, 7) is 2.14.